The maximum atomic E-state index is 12.4. The fourth-order valence-electron chi connectivity index (χ4n) is 2.76. The van der Waals surface area contributed by atoms with E-state index < -0.39 is 20.4 Å². The summed E-state index contributed by atoms with van der Waals surface area (Å²) >= 11 is 0. The van der Waals surface area contributed by atoms with Crippen LogP contribution in [0.3, 0.4) is 0 Å². The van der Waals surface area contributed by atoms with Crippen LogP contribution in [-0.4, -0.2) is 43.0 Å². The van der Waals surface area contributed by atoms with Gasteiger partial charge in [-0.2, -0.15) is 0 Å². The minimum absolute atomic E-state index is 0.294. The van der Waals surface area contributed by atoms with Crippen LogP contribution in [0, 0.1) is 6.92 Å². The first-order valence-electron chi connectivity index (χ1n) is 8.17. The van der Waals surface area contributed by atoms with Gasteiger partial charge < -0.3 is 4.74 Å². The van der Waals surface area contributed by atoms with Crippen LogP contribution in [0.2, 0.25) is 0 Å². The average Bonchev–Trinajstić information content (AvgIpc) is 2.96. The van der Waals surface area contributed by atoms with E-state index in [-0.39, 0.29) is 0 Å². The Hall–Kier alpha value is -0.560. The molecule has 1 aromatic carbocycles. The van der Waals surface area contributed by atoms with Crippen LogP contribution in [0.25, 0.3) is 0 Å². The minimum atomic E-state index is -3.55. The minimum Gasteiger partial charge on any atom is -0.378 e. The topological polar surface area (TPSA) is 56.2 Å². The largest absolute Gasteiger partial charge is 0.421 e. The van der Waals surface area contributed by atoms with Crippen molar-refractivity contribution in [1.29, 1.82) is 0 Å². The second kappa shape index (κ2) is 8.01. The van der Waals surface area contributed by atoms with Crippen molar-refractivity contribution in [2.75, 3.05) is 24.9 Å². The van der Waals surface area contributed by atoms with E-state index in [1.807, 2.05) is 31.6 Å². The highest BCUT2D eigenvalue weighted by atomic mass is 32.3. The molecule has 2 rings (SSSR count). The van der Waals surface area contributed by atoms with Crippen molar-refractivity contribution in [2.45, 2.75) is 50.0 Å². The van der Waals surface area contributed by atoms with Crippen LogP contribution in [-0.2, 0) is 14.9 Å². The Bertz CT molecular complexity index is 588. The van der Waals surface area contributed by atoms with Gasteiger partial charge in [0, 0.05) is 24.9 Å². The molecular formula is C17H29O4S2+. The Labute approximate surface area is 142 Å². The summed E-state index contributed by atoms with van der Waals surface area (Å²) in [6, 6.07) is 6.90. The fourth-order valence-corrected chi connectivity index (χ4v) is 6.91. The highest BCUT2D eigenvalue weighted by molar-refractivity contribution is 8.31. The lowest BCUT2D eigenvalue weighted by Crippen LogP contribution is -2.18. The van der Waals surface area contributed by atoms with Crippen molar-refractivity contribution < 1.29 is 16.8 Å². The summed E-state index contributed by atoms with van der Waals surface area (Å²) in [5.41, 5.74) is 1.05. The summed E-state index contributed by atoms with van der Waals surface area (Å²) in [6.45, 7) is 2.84. The van der Waals surface area contributed by atoms with Crippen LogP contribution < -0.4 is 0 Å². The number of rotatable bonds is 8. The molecule has 0 radical (unpaired) electrons. The zero-order valence-corrected chi connectivity index (χ0v) is 16.0. The molecule has 1 aromatic rings. The van der Waals surface area contributed by atoms with Gasteiger partial charge in [0.25, 0.3) is 0 Å². The van der Waals surface area contributed by atoms with Gasteiger partial charge >= 0.3 is 10.1 Å². The quantitative estimate of drug-likeness (QED) is 0.398. The Morgan fingerprint density at radius 1 is 1.17 bits per heavy atom. The summed E-state index contributed by atoms with van der Waals surface area (Å²) in [4.78, 5) is 0.294. The molecule has 132 valence electrons. The number of hydrogen-bond acceptors (Lipinski definition) is 3. The summed E-state index contributed by atoms with van der Waals surface area (Å²) in [6.07, 6.45) is 9.89. The first kappa shape index (κ1) is 18.8. The third-order valence-corrected chi connectivity index (χ3v) is 8.62. The molecular weight excluding hydrogens is 332 g/mol. The van der Waals surface area contributed by atoms with E-state index >= 15 is 0 Å². The number of ether oxygens (including phenoxy) is 1. The Kier molecular flexibility index (Phi) is 6.54. The first-order chi connectivity index (χ1) is 10.8. The molecule has 0 bridgehead atoms. The number of unbranched alkanes of at least 4 members (excludes halogenated alkanes) is 1. The molecule has 6 heteroatoms. The Morgan fingerprint density at radius 2 is 1.87 bits per heavy atom. The van der Waals surface area contributed by atoms with Gasteiger partial charge in [0.15, 0.2) is 0 Å². The molecule has 0 amide bonds. The van der Waals surface area contributed by atoms with Crippen LogP contribution >= 0.6 is 10.3 Å². The SMILES string of the molecule is Cc1ccc(S(=O)(=O)[OH+]S(C)(C)CCCCC2CCCO2)cc1. The van der Waals surface area contributed by atoms with Gasteiger partial charge in [0.1, 0.15) is 4.90 Å². The van der Waals surface area contributed by atoms with E-state index in [0.717, 1.165) is 37.2 Å². The molecule has 1 unspecified atom stereocenters. The van der Waals surface area contributed by atoms with Gasteiger partial charge in [-0.1, -0.05) is 17.7 Å². The zero-order chi connectivity index (χ0) is 16.9. The zero-order valence-electron chi connectivity index (χ0n) is 14.3. The van der Waals surface area contributed by atoms with Crippen molar-refractivity contribution in [3.8, 4) is 0 Å². The van der Waals surface area contributed by atoms with E-state index in [2.05, 4.69) is 3.63 Å². The first-order valence-corrected chi connectivity index (χ1v) is 12.2. The van der Waals surface area contributed by atoms with Crippen molar-refractivity contribution in [3.63, 3.8) is 0 Å². The lowest BCUT2D eigenvalue weighted by atomic mass is 10.1. The van der Waals surface area contributed by atoms with Crippen LogP contribution in [0.5, 0.6) is 0 Å². The third kappa shape index (κ3) is 6.10. The molecule has 1 aliphatic heterocycles. The molecule has 0 saturated carbocycles. The smallest absolute Gasteiger partial charge is 0.378 e. The van der Waals surface area contributed by atoms with Crippen LogP contribution in [0.4, 0.5) is 0 Å². The molecule has 1 fully saturated rings. The maximum absolute atomic E-state index is 12.4. The lowest BCUT2D eigenvalue weighted by Gasteiger charge is -2.25. The van der Waals surface area contributed by atoms with E-state index in [1.165, 1.54) is 12.8 Å². The molecule has 0 aromatic heterocycles. The monoisotopic (exact) mass is 361 g/mol. The molecule has 4 nitrogen and oxygen atoms in total. The van der Waals surface area contributed by atoms with Gasteiger partial charge in [0.05, 0.1) is 6.10 Å². The van der Waals surface area contributed by atoms with Crippen LogP contribution in [0.1, 0.15) is 37.7 Å². The Morgan fingerprint density at radius 3 is 2.48 bits per heavy atom. The average molecular weight is 362 g/mol. The second-order valence-electron chi connectivity index (χ2n) is 6.68. The maximum Gasteiger partial charge on any atom is 0.421 e. The van der Waals surface area contributed by atoms with E-state index in [9.17, 15) is 8.42 Å². The summed E-state index contributed by atoms with van der Waals surface area (Å²) in [5, 5.41) is 0. The fraction of sp³-hybridized carbons (Fsp3) is 0.647. The van der Waals surface area contributed by atoms with Gasteiger partial charge in [0.2, 0.25) is 0 Å². The van der Waals surface area contributed by atoms with Crippen molar-refractivity contribution in [1.82, 2.24) is 0 Å². The predicted molar refractivity (Wildman–Crippen MR) is 98.1 cm³/mol. The van der Waals surface area contributed by atoms with E-state index in [0.29, 0.717) is 11.0 Å². The summed E-state index contributed by atoms with van der Waals surface area (Å²) in [7, 11) is -5.05. The van der Waals surface area contributed by atoms with Crippen molar-refractivity contribution in [2.24, 2.45) is 0 Å². The standard InChI is InChI=1S/C17H28O4S2/c1-15-9-11-17(12-10-15)23(18,19)21-22(2,3)14-5-4-7-16-8-6-13-20-16/h9-12,16H,4-8,13-14H2,1-3H3/p+1. The predicted octanol–water partition coefficient (Wildman–Crippen LogP) is 4.11. The Balaban J connectivity index is 1.82. The molecule has 0 aliphatic carbocycles. The van der Waals surface area contributed by atoms with Crippen LogP contribution in [0.15, 0.2) is 29.2 Å². The lowest BCUT2D eigenvalue weighted by molar-refractivity contribution is 0.102. The third-order valence-electron chi connectivity index (χ3n) is 4.06. The normalized spacial score (nSPS) is 19.9. The second-order valence-corrected chi connectivity index (χ2v) is 12.1. The summed E-state index contributed by atoms with van der Waals surface area (Å²) in [5.74, 6) is 0.852. The molecule has 1 saturated heterocycles. The van der Waals surface area contributed by atoms with E-state index in [1.54, 1.807) is 12.1 Å². The van der Waals surface area contributed by atoms with Gasteiger partial charge in [-0.3, -0.25) is 3.63 Å². The number of hydrogen-bond donors (Lipinski definition) is 0. The van der Waals surface area contributed by atoms with Crippen molar-refractivity contribution >= 4 is 20.4 Å². The highest BCUT2D eigenvalue weighted by Gasteiger charge is 2.29. The molecule has 23 heavy (non-hydrogen) atoms. The number of aryl methyl sites for hydroxylation is 1. The highest BCUT2D eigenvalue weighted by Crippen LogP contribution is 2.42. The molecule has 1 atom stereocenters. The van der Waals surface area contributed by atoms with Gasteiger partial charge in [-0.15, -0.1) is 8.42 Å². The van der Waals surface area contributed by atoms with Crippen molar-refractivity contribution in [3.05, 3.63) is 29.8 Å². The van der Waals surface area contributed by atoms with Gasteiger partial charge in [-0.25, -0.2) is 0 Å². The summed E-state index contributed by atoms with van der Waals surface area (Å²) < 4.78 is 34.7. The molecule has 1 heterocycles. The molecule has 1 N–H and O–H groups in total. The number of benzene rings is 1. The molecule has 1 aliphatic rings. The van der Waals surface area contributed by atoms with E-state index in [4.69, 9.17) is 4.74 Å². The van der Waals surface area contributed by atoms with Gasteiger partial charge in [-0.05, 0) is 61.5 Å². The molecule has 0 spiro atoms.